The van der Waals surface area contributed by atoms with Gasteiger partial charge in [0.25, 0.3) is 0 Å². The summed E-state index contributed by atoms with van der Waals surface area (Å²) in [7, 11) is 0. The molecule has 0 saturated carbocycles. The first-order chi connectivity index (χ1) is 10.6. The molecule has 120 valence electrons. The molecule has 0 spiro atoms. The van der Waals surface area contributed by atoms with Gasteiger partial charge in [-0.3, -0.25) is 9.69 Å². The predicted molar refractivity (Wildman–Crippen MR) is 85.3 cm³/mol. The summed E-state index contributed by atoms with van der Waals surface area (Å²) in [5, 5.41) is 0.168. The number of benzene rings is 1. The number of likely N-dealkylation sites (tertiary alicyclic amines) is 2. The summed E-state index contributed by atoms with van der Waals surface area (Å²) in [6.07, 6.45) is 4.38. The number of rotatable bonds is 2. The summed E-state index contributed by atoms with van der Waals surface area (Å²) in [6.45, 7) is 4.24. The highest BCUT2D eigenvalue weighted by molar-refractivity contribution is 6.30. The fourth-order valence-electron chi connectivity index (χ4n) is 3.91. The number of hydrogen-bond acceptors (Lipinski definition) is 2. The molecule has 3 rings (SSSR count). The maximum Gasteiger partial charge on any atom is 0.219 e. The molecule has 0 aromatic heterocycles. The molecule has 5 heteroatoms. The van der Waals surface area contributed by atoms with Gasteiger partial charge in [-0.25, -0.2) is 4.39 Å². The quantitative estimate of drug-likeness (QED) is 0.832. The zero-order valence-corrected chi connectivity index (χ0v) is 13.7. The summed E-state index contributed by atoms with van der Waals surface area (Å²) in [5.74, 6) is -0.186. The first-order valence-electron chi connectivity index (χ1n) is 8.01. The summed E-state index contributed by atoms with van der Waals surface area (Å²) < 4.78 is 13.6. The van der Waals surface area contributed by atoms with Crippen LogP contribution in [0.25, 0.3) is 0 Å². The van der Waals surface area contributed by atoms with Gasteiger partial charge in [-0.2, -0.15) is 0 Å². The molecule has 0 unspecified atom stereocenters. The number of nitrogens with zero attached hydrogens (tertiary/aromatic N) is 2. The van der Waals surface area contributed by atoms with Crippen molar-refractivity contribution in [3.63, 3.8) is 0 Å². The first kappa shape index (κ1) is 15.8. The van der Waals surface area contributed by atoms with Crippen LogP contribution in [0.15, 0.2) is 18.2 Å². The second-order valence-corrected chi connectivity index (χ2v) is 6.76. The molecule has 22 heavy (non-hydrogen) atoms. The molecular formula is C17H22ClFN2O. The highest BCUT2D eigenvalue weighted by Crippen LogP contribution is 2.31. The van der Waals surface area contributed by atoms with E-state index >= 15 is 0 Å². The highest BCUT2D eigenvalue weighted by atomic mass is 35.5. The SMILES string of the molecule is CC(=O)N1CC[C@@H]2[C@H]1CCCCN2Cc1ccc(Cl)c(F)c1. The van der Waals surface area contributed by atoms with Gasteiger partial charge in [-0.15, -0.1) is 0 Å². The van der Waals surface area contributed by atoms with Gasteiger partial charge in [0, 0.05) is 32.1 Å². The standard InChI is InChI=1S/C17H22ClFN2O/c1-12(22)21-9-7-16-17(21)4-2-3-8-20(16)11-13-5-6-14(18)15(19)10-13/h5-6,10,16-17H,2-4,7-9,11H2,1H3/t16-,17-/m1/s1. The Morgan fingerprint density at radius 1 is 1.27 bits per heavy atom. The molecule has 3 nitrogen and oxygen atoms in total. The van der Waals surface area contributed by atoms with E-state index in [1.54, 1.807) is 13.0 Å². The van der Waals surface area contributed by atoms with Crippen molar-refractivity contribution in [1.82, 2.24) is 9.80 Å². The molecule has 0 aliphatic carbocycles. The van der Waals surface area contributed by atoms with E-state index in [9.17, 15) is 9.18 Å². The van der Waals surface area contributed by atoms with Gasteiger partial charge in [0.1, 0.15) is 5.82 Å². The molecule has 0 radical (unpaired) electrons. The molecule has 2 atom stereocenters. The van der Waals surface area contributed by atoms with Crippen LogP contribution in [0, 0.1) is 5.82 Å². The van der Waals surface area contributed by atoms with Gasteiger partial charge in [0.15, 0.2) is 0 Å². The number of amides is 1. The summed E-state index contributed by atoms with van der Waals surface area (Å²) in [4.78, 5) is 16.2. The Hall–Kier alpha value is -1.13. The number of fused-ring (bicyclic) bond motifs is 1. The van der Waals surface area contributed by atoms with Crippen LogP contribution in [0.2, 0.25) is 5.02 Å². The maximum absolute atomic E-state index is 13.6. The molecule has 1 amide bonds. The molecule has 2 aliphatic rings. The summed E-state index contributed by atoms with van der Waals surface area (Å²) >= 11 is 5.76. The molecule has 2 aliphatic heterocycles. The Bertz CT molecular complexity index is 566. The van der Waals surface area contributed by atoms with Gasteiger partial charge in [0.05, 0.1) is 5.02 Å². The molecule has 2 heterocycles. The van der Waals surface area contributed by atoms with Gasteiger partial charge in [-0.1, -0.05) is 24.1 Å². The van der Waals surface area contributed by atoms with E-state index in [-0.39, 0.29) is 16.7 Å². The molecule has 1 aromatic carbocycles. The lowest BCUT2D eigenvalue weighted by Crippen LogP contribution is -2.44. The Morgan fingerprint density at radius 2 is 2.09 bits per heavy atom. The van der Waals surface area contributed by atoms with Crippen molar-refractivity contribution >= 4 is 17.5 Å². The van der Waals surface area contributed by atoms with Crippen molar-refractivity contribution in [2.24, 2.45) is 0 Å². The largest absolute Gasteiger partial charge is 0.338 e. The zero-order chi connectivity index (χ0) is 15.7. The fraction of sp³-hybridized carbons (Fsp3) is 0.588. The summed E-state index contributed by atoms with van der Waals surface area (Å²) in [6, 6.07) is 5.75. The fourth-order valence-corrected chi connectivity index (χ4v) is 4.02. The second kappa shape index (κ2) is 6.55. The van der Waals surface area contributed by atoms with Gasteiger partial charge < -0.3 is 4.90 Å². The van der Waals surface area contributed by atoms with Crippen LogP contribution >= 0.6 is 11.6 Å². The van der Waals surface area contributed by atoms with Crippen LogP contribution in [0.3, 0.4) is 0 Å². The minimum Gasteiger partial charge on any atom is -0.338 e. The van der Waals surface area contributed by atoms with E-state index in [1.807, 2.05) is 11.0 Å². The smallest absolute Gasteiger partial charge is 0.219 e. The van der Waals surface area contributed by atoms with E-state index in [1.165, 1.54) is 6.07 Å². The third-order valence-corrected chi connectivity index (χ3v) is 5.26. The lowest BCUT2D eigenvalue weighted by Gasteiger charge is -2.32. The lowest BCUT2D eigenvalue weighted by molar-refractivity contribution is -0.130. The Morgan fingerprint density at radius 3 is 2.82 bits per heavy atom. The first-order valence-corrected chi connectivity index (χ1v) is 8.39. The van der Waals surface area contributed by atoms with E-state index in [4.69, 9.17) is 11.6 Å². The van der Waals surface area contributed by atoms with Crippen molar-refractivity contribution < 1.29 is 9.18 Å². The van der Waals surface area contributed by atoms with E-state index in [0.717, 1.165) is 50.9 Å². The number of carbonyl (C=O) groups is 1. The predicted octanol–water partition coefficient (Wildman–Crippen LogP) is 3.45. The minimum atomic E-state index is -0.359. The van der Waals surface area contributed by atoms with Gasteiger partial charge >= 0.3 is 0 Å². The number of carbonyl (C=O) groups excluding carboxylic acids is 1. The molecule has 0 bridgehead atoms. The lowest BCUT2D eigenvalue weighted by atomic mass is 10.0. The van der Waals surface area contributed by atoms with Crippen molar-refractivity contribution in [3.8, 4) is 0 Å². The van der Waals surface area contributed by atoms with Crippen LogP contribution in [0.1, 0.15) is 38.2 Å². The topological polar surface area (TPSA) is 23.6 Å². The van der Waals surface area contributed by atoms with Crippen LogP contribution in [-0.4, -0.2) is 40.9 Å². The van der Waals surface area contributed by atoms with Crippen molar-refractivity contribution in [1.29, 1.82) is 0 Å². The van der Waals surface area contributed by atoms with E-state index in [2.05, 4.69) is 4.90 Å². The third-order valence-electron chi connectivity index (χ3n) is 4.95. The van der Waals surface area contributed by atoms with Crippen molar-refractivity contribution in [3.05, 3.63) is 34.6 Å². The average Bonchev–Trinajstić information content (AvgIpc) is 2.81. The average molecular weight is 325 g/mol. The Kier molecular flexibility index (Phi) is 4.69. The molecular weight excluding hydrogens is 303 g/mol. The van der Waals surface area contributed by atoms with Crippen LogP contribution < -0.4 is 0 Å². The van der Waals surface area contributed by atoms with Crippen LogP contribution in [-0.2, 0) is 11.3 Å². The maximum atomic E-state index is 13.6. The molecule has 2 saturated heterocycles. The normalized spacial score (nSPS) is 25.9. The molecule has 2 fully saturated rings. The molecule has 1 aromatic rings. The van der Waals surface area contributed by atoms with Gasteiger partial charge in [-0.05, 0) is 43.5 Å². The molecule has 0 N–H and O–H groups in total. The van der Waals surface area contributed by atoms with Crippen LogP contribution in [0.4, 0.5) is 4.39 Å². The van der Waals surface area contributed by atoms with E-state index in [0.29, 0.717) is 12.1 Å². The number of halogens is 2. The van der Waals surface area contributed by atoms with Crippen molar-refractivity contribution in [2.75, 3.05) is 13.1 Å². The minimum absolute atomic E-state index is 0.168. The number of hydrogen-bond donors (Lipinski definition) is 0. The third kappa shape index (κ3) is 3.13. The van der Waals surface area contributed by atoms with Gasteiger partial charge in [0.2, 0.25) is 5.91 Å². The zero-order valence-electron chi connectivity index (χ0n) is 12.9. The van der Waals surface area contributed by atoms with E-state index < -0.39 is 0 Å². The Balaban J connectivity index is 1.77. The second-order valence-electron chi connectivity index (χ2n) is 6.35. The Labute approximate surface area is 136 Å². The monoisotopic (exact) mass is 324 g/mol. The van der Waals surface area contributed by atoms with Crippen LogP contribution in [0.5, 0.6) is 0 Å². The highest BCUT2D eigenvalue weighted by Gasteiger charge is 2.39. The van der Waals surface area contributed by atoms with Crippen molar-refractivity contribution in [2.45, 2.75) is 51.2 Å². The summed E-state index contributed by atoms with van der Waals surface area (Å²) in [5.41, 5.74) is 0.948.